The van der Waals surface area contributed by atoms with Crippen molar-refractivity contribution >= 4 is 39.2 Å². The summed E-state index contributed by atoms with van der Waals surface area (Å²) in [5, 5.41) is 15.1. The fourth-order valence-electron chi connectivity index (χ4n) is 5.72. The number of carbonyl (C=O) groups is 1. The van der Waals surface area contributed by atoms with Gasteiger partial charge in [0.1, 0.15) is 0 Å². The number of carbonyl (C=O) groups excluding carboxylic acids is 1. The van der Waals surface area contributed by atoms with Crippen molar-refractivity contribution < 1.29 is 17.6 Å². The number of pyridine rings is 1. The van der Waals surface area contributed by atoms with Crippen molar-refractivity contribution in [1.29, 1.82) is 0 Å². The average molecular weight is 617 g/mol. The van der Waals surface area contributed by atoms with Crippen molar-refractivity contribution in [2.24, 2.45) is 11.8 Å². The molecular formula is C29H39ClN7O4S+. The Morgan fingerprint density at radius 1 is 1.24 bits per heavy atom. The normalized spacial score (nSPS) is 23.6. The Morgan fingerprint density at radius 2 is 1.98 bits per heavy atom. The van der Waals surface area contributed by atoms with Crippen LogP contribution in [-0.4, -0.2) is 69.0 Å². The van der Waals surface area contributed by atoms with Crippen molar-refractivity contribution in [3.8, 4) is 11.5 Å². The predicted octanol–water partition coefficient (Wildman–Crippen LogP) is 4.09. The summed E-state index contributed by atoms with van der Waals surface area (Å²) in [7, 11) is -0.195. The third-order valence-electron chi connectivity index (χ3n) is 8.44. The van der Waals surface area contributed by atoms with E-state index in [2.05, 4.69) is 49.6 Å². The van der Waals surface area contributed by atoms with E-state index in [9.17, 15) is 13.2 Å². The molecule has 0 radical (unpaired) electrons. The van der Waals surface area contributed by atoms with Crippen LogP contribution in [-0.2, 0) is 14.8 Å². The van der Waals surface area contributed by atoms with Crippen LogP contribution in [0.15, 0.2) is 40.8 Å². The summed E-state index contributed by atoms with van der Waals surface area (Å²) >= 11 is 6.80. The summed E-state index contributed by atoms with van der Waals surface area (Å²) in [6.45, 7) is 5.31. The second-order valence-corrected chi connectivity index (χ2v) is 14.0. The fraction of sp³-hybridized carbons (Fsp3) is 0.517. The van der Waals surface area contributed by atoms with Crippen LogP contribution < -0.4 is 19.8 Å². The lowest BCUT2D eigenvalue weighted by Crippen LogP contribution is -2.53. The lowest BCUT2D eigenvalue weighted by molar-refractivity contribution is -0.121. The Bertz CT molecular complexity index is 1530. The molecule has 2 aliphatic rings. The number of hydrogen-bond acceptors (Lipinski definition) is 8. The van der Waals surface area contributed by atoms with Gasteiger partial charge in [-0.15, -0.1) is 10.2 Å². The van der Waals surface area contributed by atoms with Gasteiger partial charge < -0.3 is 15.1 Å². The van der Waals surface area contributed by atoms with E-state index < -0.39 is 10.0 Å². The molecule has 42 heavy (non-hydrogen) atoms. The SMILES string of the molecule is CCS(=O)(=O)Nc1nc([N+](C)(CC(=O)NC)C[C@H]2C[C@@H]2C)cc(-c2nnc([C@H]3NCCC[C@@H]3c3ccccc3)o2)c1Cl. The molecule has 5 atom stereocenters. The minimum atomic E-state index is -3.71. The number of halogens is 1. The number of hydrogen-bond donors (Lipinski definition) is 3. The molecule has 3 heterocycles. The molecule has 1 saturated heterocycles. The molecule has 1 saturated carbocycles. The molecule has 3 N–H and O–H groups in total. The first-order valence-electron chi connectivity index (χ1n) is 14.4. The van der Waals surface area contributed by atoms with E-state index in [0.717, 1.165) is 25.8 Å². The third kappa shape index (κ3) is 6.61. The van der Waals surface area contributed by atoms with Gasteiger partial charge in [0.05, 0.1) is 36.0 Å². The van der Waals surface area contributed by atoms with Gasteiger partial charge in [0, 0.05) is 24.9 Å². The Hall–Kier alpha value is -3.06. The van der Waals surface area contributed by atoms with E-state index in [-0.39, 0.29) is 51.4 Å². The molecule has 1 unspecified atom stereocenters. The molecule has 3 aromatic rings. The Balaban J connectivity index is 1.58. The monoisotopic (exact) mass is 616 g/mol. The fourth-order valence-corrected chi connectivity index (χ4v) is 6.59. The summed E-state index contributed by atoms with van der Waals surface area (Å²) in [5.41, 5.74) is 1.54. The largest absolute Gasteiger partial charge is 0.419 e. The second kappa shape index (κ2) is 12.3. The number of benzene rings is 1. The van der Waals surface area contributed by atoms with Gasteiger partial charge in [-0.1, -0.05) is 48.9 Å². The number of nitrogens with one attached hydrogen (secondary N) is 3. The van der Waals surface area contributed by atoms with Gasteiger partial charge in [0.25, 0.3) is 5.91 Å². The van der Waals surface area contributed by atoms with E-state index in [1.807, 2.05) is 25.2 Å². The zero-order valence-corrected chi connectivity index (χ0v) is 26.0. The minimum absolute atomic E-state index is 0.0335. The number of rotatable bonds is 11. The van der Waals surface area contributed by atoms with Crippen LogP contribution in [0.4, 0.5) is 11.6 Å². The molecule has 0 spiro atoms. The van der Waals surface area contributed by atoms with Gasteiger partial charge in [-0.3, -0.25) is 14.0 Å². The van der Waals surface area contributed by atoms with Gasteiger partial charge >= 0.3 is 0 Å². The first-order valence-corrected chi connectivity index (χ1v) is 16.5. The van der Waals surface area contributed by atoms with Crippen molar-refractivity contribution in [2.75, 3.05) is 44.2 Å². The number of likely N-dealkylation sites (N-methyl/N-ethyl adjacent to an activating group) is 2. The maximum absolute atomic E-state index is 12.7. The smallest absolute Gasteiger partial charge is 0.275 e. The van der Waals surface area contributed by atoms with Crippen LogP contribution in [0.1, 0.15) is 56.5 Å². The van der Waals surface area contributed by atoms with Crippen LogP contribution >= 0.6 is 11.6 Å². The Kier molecular flexibility index (Phi) is 8.89. The highest BCUT2D eigenvalue weighted by Gasteiger charge is 2.43. The van der Waals surface area contributed by atoms with E-state index in [0.29, 0.717) is 35.7 Å². The summed E-state index contributed by atoms with van der Waals surface area (Å²) in [6.07, 6.45) is 3.05. The molecule has 5 rings (SSSR count). The van der Waals surface area contributed by atoms with Gasteiger partial charge in [-0.2, -0.15) is 4.98 Å². The number of sulfonamides is 1. The second-order valence-electron chi connectivity index (χ2n) is 11.6. The Morgan fingerprint density at radius 3 is 2.64 bits per heavy atom. The van der Waals surface area contributed by atoms with Gasteiger partial charge in [-0.05, 0) is 44.2 Å². The summed E-state index contributed by atoms with van der Waals surface area (Å²) in [4.78, 5) is 17.3. The zero-order valence-electron chi connectivity index (χ0n) is 24.4. The molecule has 226 valence electrons. The van der Waals surface area contributed by atoms with E-state index in [4.69, 9.17) is 16.0 Å². The number of aromatic nitrogens is 3. The predicted molar refractivity (Wildman–Crippen MR) is 164 cm³/mol. The highest BCUT2D eigenvalue weighted by atomic mass is 35.5. The summed E-state index contributed by atoms with van der Waals surface area (Å²) in [5.74, 6) is 1.81. The van der Waals surface area contributed by atoms with Crippen LogP contribution in [0.25, 0.3) is 11.5 Å². The topological polar surface area (TPSA) is 139 Å². The Labute approximate surface area is 252 Å². The molecule has 11 nitrogen and oxygen atoms in total. The number of anilines is 1. The van der Waals surface area contributed by atoms with Crippen molar-refractivity contribution in [2.45, 2.75) is 45.1 Å². The zero-order chi connectivity index (χ0) is 30.1. The van der Waals surface area contributed by atoms with Crippen LogP contribution in [0.2, 0.25) is 5.02 Å². The van der Waals surface area contributed by atoms with E-state index in [1.54, 1.807) is 13.1 Å². The molecule has 2 aromatic heterocycles. The molecule has 0 bridgehead atoms. The van der Waals surface area contributed by atoms with Crippen LogP contribution in [0.3, 0.4) is 0 Å². The first kappa shape index (κ1) is 30.4. The van der Waals surface area contributed by atoms with Crippen molar-refractivity contribution in [3.63, 3.8) is 0 Å². The number of piperidine rings is 1. The van der Waals surface area contributed by atoms with Crippen LogP contribution in [0.5, 0.6) is 0 Å². The quantitative estimate of drug-likeness (QED) is 0.274. The molecule has 1 aliphatic carbocycles. The highest BCUT2D eigenvalue weighted by molar-refractivity contribution is 7.92. The molecular weight excluding hydrogens is 578 g/mol. The first-order chi connectivity index (χ1) is 20.0. The molecule has 13 heteroatoms. The lowest BCUT2D eigenvalue weighted by Gasteiger charge is -2.33. The maximum atomic E-state index is 12.7. The number of amides is 1. The number of quaternary nitrogens is 1. The molecule has 2 fully saturated rings. The van der Waals surface area contributed by atoms with Crippen molar-refractivity contribution in [3.05, 3.63) is 52.9 Å². The average Bonchev–Trinajstić information content (AvgIpc) is 3.45. The van der Waals surface area contributed by atoms with E-state index >= 15 is 0 Å². The van der Waals surface area contributed by atoms with Gasteiger partial charge in [-0.25, -0.2) is 8.42 Å². The molecule has 1 aliphatic heterocycles. The minimum Gasteiger partial charge on any atom is -0.419 e. The molecule has 1 amide bonds. The van der Waals surface area contributed by atoms with Crippen LogP contribution in [0, 0.1) is 11.8 Å². The number of nitrogens with zero attached hydrogens (tertiary/aromatic N) is 4. The highest BCUT2D eigenvalue weighted by Crippen LogP contribution is 2.43. The standard InChI is InChI=1S/C29H38ClN7O4S/c1-5-42(39,40)36-27-25(30)22(15-23(33-27)37(4,17-24(38)31-3)16-20-14-18(20)2)28-34-35-29(41-28)26-21(12-9-13-32-26)19-10-7-6-8-11-19/h6-8,10-11,15,18,20-21,26,32H,5,9,12-14,16-17H2,1-4H3,(H-,31,33,36,38)/p+1/t18-,20+,21+,26-,37?/m0/s1. The summed E-state index contributed by atoms with van der Waals surface area (Å²) < 4.78 is 34.2. The molecule has 1 aromatic carbocycles. The van der Waals surface area contributed by atoms with E-state index in [1.165, 1.54) is 12.5 Å². The van der Waals surface area contributed by atoms with Crippen molar-refractivity contribution in [1.82, 2.24) is 30.3 Å². The van der Waals surface area contributed by atoms with Gasteiger partial charge in [0.15, 0.2) is 12.4 Å². The maximum Gasteiger partial charge on any atom is 0.275 e. The van der Waals surface area contributed by atoms with Gasteiger partial charge in [0.2, 0.25) is 27.6 Å². The lowest BCUT2D eigenvalue weighted by atomic mass is 9.85. The third-order valence-corrected chi connectivity index (χ3v) is 10.1. The summed E-state index contributed by atoms with van der Waals surface area (Å²) in [6, 6.07) is 11.8.